The number of hydrazone groups is 1. The maximum Gasteiger partial charge on any atom is 0.280 e. The van der Waals surface area contributed by atoms with Gasteiger partial charge in [0.05, 0.1) is 35.6 Å². The molecule has 1 aliphatic heterocycles. The van der Waals surface area contributed by atoms with Gasteiger partial charge in [0, 0.05) is 0 Å². The predicted molar refractivity (Wildman–Crippen MR) is 111 cm³/mol. The number of primary sulfonamides is 1. The molecule has 1 amide bonds. The summed E-state index contributed by atoms with van der Waals surface area (Å²) in [6.45, 7) is 4.09. The maximum absolute atomic E-state index is 12.9. The Balaban J connectivity index is 1.91. The molecular formula is C20H21N3O5S. The second kappa shape index (κ2) is 8.06. The van der Waals surface area contributed by atoms with Gasteiger partial charge in [0.25, 0.3) is 5.91 Å². The summed E-state index contributed by atoms with van der Waals surface area (Å²) in [6, 6.07) is 11.0. The number of nitrogens with two attached hydrogens (primary N) is 1. The molecule has 0 saturated heterocycles. The molecule has 0 bridgehead atoms. The van der Waals surface area contributed by atoms with Crippen molar-refractivity contribution in [2.75, 3.05) is 18.7 Å². The number of hydrogen-bond donors (Lipinski definition) is 1. The van der Waals surface area contributed by atoms with Gasteiger partial charge in [0.1, 0.15) is 0 Å². The summed E-state index contributed by atoms with van der Waals surface area (Å²) < 4.78 is 33.7. The van der Waals surface area contributed by atoms with Crippen LogP contribution in [0, 0.1) is 0 Å². The Morgan fingerprint density at radius 1 is 1.14 bits per heavy atom. The SMILES string of the molecule is CCOc1cc(/C=C2\C(=O)N(c3ccc(S(N)(=O)=O)cc3)N=C2C)ccc1OC. The molecule has 152 valence electrons. The highest BCUT2D eigenvalue weighted by Crippen LogP contribution is 2.30. The molecule has 0 aromatic heterocycles. The number of nitrogens with zero attached hydrogens (tertiary/aromatic N) is 2. The Hall–Kier alpha value is -3.17. The van der Waals surface area contributed by atoms with Crippen LogP contribution in [-0.2, 0) is 14.8 Å². The lowest BCUT2D eigenvalue weighted by molar-refractivity contribution is -0.114. The van der Waals surface area contributed by atoms with Crippen molar-refractivity contribution < 1.29 is 22.7 Å². The van der Waals surface area contributed by atoms with E-state index in [1.807, 2.05) is 13.0 Å². The zero-order valence-electron chi connectivity index (χ0n) is 16.2. The van der Waals surface area contributed by atoms with Crippen LogP contribution in [0.3, 0.4) is 0 Å². The number of amides is 1. The third-order valence-corrected chi connectivity index (χ3v) is 5.20. The van der Waals surface area contributed by atoms with Crippen molar-refractivity contribution in [1.29, 1.82) is 0 Å². The van der Waals surface area contributed by atoms with Crippen LogP contribution in [0.5, 0.6) is 11.5 Å². The van der Waals surface area contributed by atoms with E-state index in [2.05, 4.69) is 5.10 Å². The molecule has 0 unspecified atom stereocenters. The van der Waals surface area contributed by atoms with Crippen molar-refractivity contribution in [3.05, 3.63) is 53.6 Å². The largest absolute Gasteiger partial charge is 0.493 e. The molecule has 2 aromatic rings. The van der Waals surface area contributed by atoms with Crippen LogP contribution in [0.15, 0.2) is 58.0 Å². The molecular weight excluding hydrogens is 394 g/mol. The lowest BCUT2D eigenvalue weighted by Gasteiger charge is -2.12. The molecule has 2 N–H and O–H groups in total. The highest BCUT2D eigenvalue weighted by Gasteiger charge is 2.29. The number of hydrogen-bond acceptors (Lipinski definition) is 6. The first-order valence-corrected chi connectivity index (χ1v) is 10.3. The van der Waals surface area contributed by atoms with E-state index < -0.39 is 10.0 Å². The summed E-state index contributed by atoms with van der Waals surface area (Å²) in [5.74, 6) is 0.869. The quantitative estimate of drug-likeness (QED) is 0.729. The Morgan fingerprint density at radius 3 is 2.41 bits per heavy atom. The van der Waals surface area contributed by atoms with Gasteiger partial charge < -0.3 is 9.47 Å². The average molecular weight is 415 g/mol. The van der Waals surface area contributed by atoms with Crippen LogP contribution >= 0.6 is 0 Å². The van der Waals surface area contributed by atoms with Gasteiger partial charge in [-0.2, -0.15) is 10.1 Å². The molecule has 1 heterocycles. The molecule has 9 heteroatoms. The number of rotatable bonds is 6. The predicted octanol–water partition coefficient (Wildman–Crippen LogP) is 2.55. The fourth-order valence-corrected chi connectivity index (χ4v) is 3.37. The summed E-state index contributed by atoms with van der Waals surface area (Å²) in [4.78, 5) is 12.8. The number of methoxy groups -OCH3 is 1. The molecule has 0 spiro atoms. The van der Waals surface area contributed by atoms with Crippen molar-refractivity contribution in [3.8, 4) is 11.5 Å². The normalized spacial score (nSPS) is 15.6. The molecule has 8 nitrogen and oxygen atoms in total. The Kier molecular flexibility index (Phi) is 5.71. The molecule has 2 aromatic carbocycles. The van der Waals surface area contributed by atoms with E-state index in [9.17, 15) is 13.2 Å². The minimum absolute atomic E-state index is 0.0361. The van der Waals surface area contributed by atoms with Gasteiger partial charge in [0.15, 0.2) is 11.5 Å². The highest BCUT2D eigenvalue weighted by molar-refractivity contribution is 7.89. The highest BCUT2D eigenvalue weighted by atomic mass is 32.2. The van der Waals surface area contributed by atoms with Crippen LogP contribution in [0.2, 0.25) is 0 Å². The van der Waals surface area contributed by atoms with Crippen LogP contribution in [0.25, 0.3) is 6.08 Å². The van der Waals surface area contributed by atoms with Gasteiger partial charge in [-0.25, -0.2) is 13.6 Å². The third kappa shape index (κ3) is 4.30. The van der Waals surface area contributed by atoms with Crippen molar-refractivity contribution in [2.24, 2.45) is 10.2 Å². The van der Waals surface area contributed by atoms with E-state index in [1.165, 1.54) is 29.3 Å². The fraction of sp³-hybridized carbons (Fsp3) is 0.200. The topological polar surface area (TPSA) is 111 Å². The average Bonchev–Trinajstić information content (AvgIpc) is 2.96. The first-order chi connectivity index (χ1) is 13.7. The standard InChI is InChI=1S/C20H21N3O5S/c1-4-28-19-12-14(5-10-18(19)27-3)11-17-13(2)22-23(20(17)24)15-6-8-16(9-7-15)29(21,25)26/h5-12H,4H2,1-3H3,(H2,21,25,26)/b17-11-. The first kappa shape index (κ1) is 20.6. The molecule has 0 radical (unpaired) electrons. The Bertz CT molecular complexity index is 1110. The number of carbonyl (C=O) groups excluding carboxylic acids is 1. The second-order valence-corrected chi connectivity index (χ2v) is 7.80. The molecule has 1 aliphatic rings. The van der Waals surface area contributed by atoms with E-state index in [0.29, 0.717) is 35.1 Å². The third-order valence-electron chi connectivity index (χ3n) is 4.27. The molecule has 0 fully saturated rings. The molecule has 0 aliphatic carbocycles. The number of ether oxygens (including phenoxy) is 2. The number of benzene rings is 2. The summed E-state index contributed by atoms with van der Waals surface area (Å²) in [6.07, 6.45) is 1.72. The zero-order valence-corrected chi connectivity index (χ0v) is 17.1. The number of anilines is 1. The second-order valence-electron chi connectivity index (χ2n) is 6.24. The van der Waals surface area contributed by atoms with Crippen LogP contribution in [-0.4, -0.2) is 33.8 Å². The van der Waals surface area contributed by atoms with Crippen molar-refractivity contribution >= 4 is 33.4 Å². The van der Waals surface area contributed by atoms with Crippen molar-refractivity contribution in [2.45, 2.75) is 18.7 Å². The minimum Gasteiger partial charge on any atom is -0.493 e. The first-order valence-electron chi connectivity index (χ1n) is 8.80. The van der Waals surface area contributed by atoms with Crippen LogP contribution in [0.1, 0.15) is 19.4 Å². The van der Waals surface area contributed by atoms with Gasteiger partial charge >= 0.3 is 0 Å². The van der Waals surface area contributed by atoms with E-state index in [-0.39, 0.29) is 10.8 Å². The van der Waals surface area contributed by atoms with E-state index in [0.717, 1.165) is 5.56 Å². The molecule has 0 saturated carbocycles. The lowest BCUT2D eigenvalue weighted by Crippen LogP contribution is -2.21. The molecule has 3 rings (SSSR count). The van der Waals surface area contributed by atoms with E-state index >= 15 is 0 Å². The van der Waals surface area contributed by atoms with Gasteiger partial charge in [-0.1, -0.05) is 6.07 Å². The minimum atomic E-state index is -3.81. The van der Waals surface area contributed by atoms with E-state index in [4.69, 9.17) is 14.6 Å². The smallest absolute Gasteiger partial charge is 0.280 e. The van der Waals surface area contributed by atoms with Crippen molar-refractivity contribution in [1.82, 2.24) is 0 Å². The van der Waals surface area contributed by atoms with Gasteiger partial charge in [-0.15, -0.1) is 0 Å². The summed E-state index contributed by atoms with van der Waals surface area (Å²) in [7, 11) is -2.24. The maximum atomic E-state index is 12.9. The fourth-order valence-electron chi connectivity index (χ4n) is 2.85. The Labute approximate surface area is 169 Å². The molecule has 0 atom stereocenters. The Morgan fingerprint density at radius 2 is 1.83 bits per heavy atom. The van der Waals surface area contributed by atoms with Crippen LogP contribution < -0.4 is 19.6 Å². The van der Waals surface area contributed by atoms with E-state index in [1.54, 1.807) is 32.2 Å². The summed E-state index contributed by atoms with van der Waals surface area (Å²) in [5, 5.41) is 10.6. The number of sulfonamides is 1. The summed E-state index contributed by atoms with van der Waals surface area (Å²) in [5.41, 5.74) is 2.17. The number of carbonyl (C=O) groups is 1. The van der Waals surface area contributed by atoms with Gasteiger partial charge in [0.2, 0.25) is 10.0 Å². The van der Waals surface area contributed by atoms with Crippen LogP contribution in [0.4, 0.5) is 5.69 Å². The zero-order chi connectivity index (χ0) is 21.2. The summed E-state index contributed by atoms with van der Waals surface area (Å²) >= 11 is 0. The lowest BCUT2D eigenvalue weighted by atomic mass is 10.1. The van der Waals surface area contributed by atoms with Crippen molar-refractivity contribution in [3.63, 3.8) is 0 Å². The van der Waals surface area contributed by atoms with Gasteiger partial charge in [-0.05, 0) is 61.9 Å². The molecule has 29 heavy (non-hydrogen) atoms. The monoisotopic (exact) mass is 415 g/mol. The van der Waals surface area contributed by atoms with Gasteiger partial charge in [-0.3, -0.25) is 4.79 Å².